The molecule has 1 fully saturated rings. The molecule has 2 aromatic rings. The van der Waals surface area contributed by atoms with Crippen LogP contribution in [0.3, 0.4) is 0 Å². The number of carbonyl (C=O) groups is 1. The molecule has 0 bridgehead atoms. The predicted molar refractivity (Wildman–Crippen MR) is 91.9 cm³/mol. The Kier molecular flexibility index (Phi) is 6.12. The molecule has 7 heteroatoms. The van der Waals surface area contributed by atoms with Gasteiger partial charge in [0.25, 0.3) is 5.56 Å². The van der Waals surface area contributed by atoms with Gasteiger partial charge in [0.2, 0.25) is 5.91 Å². The number of halogens is 1. The number of nitrogens with one attached hydrogen (secondary N) is 2. The van der Waals surface area contributed by atoms with Gasteiger partial charge < -0.3 is 10.6 Å². The summed E-state index contributed by atoms with van der Waals surface area (Å²) in [6, 6.07) is 7.49. The molecule has 0 aliphatic carbocycles. The minimum atomic E-state index is -0.0970. The highest BCUT2D eigenvalue weighted by Gasteiger charge is 2.15. The summed E-state index contributed by atoms with van der Waals surface area (Å²) >= 11 is 0. The summed E-state index contributed by atoms with van der Waals surface area (Å²) in [5, 5.41) is 6.88. The van der Waals surface area contributed by atoms with Crippen molar-refractivity contribution in [3.8, 4) is 0 Å². The molecule has 1 aromatic heterocycles. The average Bonchev–Trinajstić information content (AvgIpc) is 2.55. The van der Waals surface area contributed by atoms with E-state index in [1.165, 1.54) is 10.9 Å². The first-order valence-electron chi connectivity index (χ1n) is 7.68. The second-order valence-corrected chi connectivity index (χ2v) is 5.60. The number of para-hydroxylation sites is 1. The Bertz CT molecular complexity index is 725. The number of rotatable bonds is 4. The van der Waals surface area contributed by atoms with Crippen molar-refractivity contribution in [1.29, 1.82) is 0 Å². The van der Waals surface area contributed by atoms with Gasteiger partial charge in [-0.25, -0.2) is 4.98 Å². The minimum absolute atomic E-state index is 0. The molecule has 23 heavy (non-hydrogen) atoms. The van der Waals surface area contributed by atoms with Crippen molar-refractivity contribution >= 4 is 29.2 Å². The van der Waals surface area contributed by atoms with Crippen LogP contribution in [0.1, 0.15) is 19.3 Å². The van der Waals surface area contributed by atoms with Crippen molar-refractivity contribution in [3.63, 3.8) is 0 Å². The summed E-state index contributed by atoms with van der Waals surface area (Å²) in [5.74, 6) is -0.00745. The molecule has 0 unspecified atom stereocenters. The fourth-order valence-electron chi connectivity index (χ4n) is 2.75. The van der Waals surface area contributed by atoms with Gasteiger partial charge in [-0.3, -0.25) is 14.2 Å². The normalized spacial score (nSPS) is 15.1. The molecule has 2 heterocycles. The van der Waals surface area contributed by atoms with Gasteiger partial charge in [-0.15, -0.1) is 12.4 Å². The van der Waals surface area contributed by atoms with Crippen molar-refractivity contribution in [1.82, 2.24) is 20.2 Å². The molecule has 0 saturated carbocycles. The van der Waals surface area contributed by atoms with Gasteiger partial charge in [0, 0.05) is 19.0 Å². The molecule has 2 N–H and O–H groups in total. The highest BCUT2D eigenvalue weighted by Crippen LogP contribution is 2.05. The average molecular weight is 337 g/mol. The zero-order chi connectivity index (χ0) is 15.4. The Balaban J connectivity index is 0.00000192. The first-order chi connectivity index (χ1) is 10.7. The van der Waals surface area contributed by atoms with Crippen LogP contribution in [0.2, 0.25) is 0 Å². The summed E-state index contributed by atoms with van der Waals surface area (Å²) in [5.41, 5.74) is 0.586. The first-order valence-corrected chi connectivity index (χ1v) is 7.68. The lowest BCUT2D eigenvalue weighted by Crippen LogP contribution is -2.43. The molecule has 1 amide bonds. The van der Waals surface area contributed by atoms with Gasteiger partial charge in [-0.1, -0.05) is 12.1 Å². The molecule has 3 rings (SSSR count). The molecular formula is C16H21ClN4O2. The van der Waals surface area contributed by atoms with Gasteiger partial charge in [0.1, 0.15) is 0 Å². The molecule has 1 aliphatic rings. The lowest BCUT2D eigenvalue weighted by Gasteiger charge is -2.23. The standard InChI is InChI=1S/C16H20N4O2.ClH/c21-15(19-12-5-8-17-9-6-12)7-10-20-11-18-14-4-2-1-3-13(14)16(20)22;/h1-4,11-12,17H,5-10H2,(H,19,21);1H. The van der Waals surface area contributed by atoms with Crippen LogP contribution in [-0.2, 0) is 11.3 Å². The number of hydrogen-bond donors (Lipinski definition) is 2. The summed E-state index contributed by atoms with van der Waals surface area (Å²) in [6.07, 6.45) is 3.73. The first kappa shape index (κ1) is 17.4. The maximum atomic E-state index is 12.3. The Labute approximate surface area is 140 Å². The molecule has 0 atom stereocenters. The van der Waals surface area contributed by atoms with E-state index in [0.717, 1.165) is 25.9 Å². The Morgan fingerprint density at radius 1 is 1.30 bits per heavy atom. The van der Waals surface area contributed by atoms with Crippen LogP contribution in [0, 0.1) is 0 Å². The van der Waals surface area contributed by atoms with Crippen molar-refractivity contribution in [2.24, 2.45) is 0 Å². The maximum Gasteiger partial charge on any atom is 0.261 e. The summed E-state index contributed by atoms with van der Waals surface area (Å²) in [6.45, 7) is 2.24. The highest BCUT2D eigenvalue weighted by atomic mass is 35.5. The van der Waals surface area contributed by atoms with Gasteiger partial charge in [0.15, 0.2) is 0 Å². The quantitative estimate of drug-likeness (QED) is 0.876. The number of nitrogens with zero attached hydrogens (tertiary/aromatic N) is 2. The SMILES string of the molecule is Cl.O=C(CCn1cnc2ccccc2c1=O)NC1CCNCC1. The fourth-order valence-corrected chi connectivity index (χ4v) is 2.75. The van der Waals surface area contributed by atoms with Crippen molar-refractivity contribution in [2.75, 3.05) is 13.1 Å². The number of aromatic nitrogens is 2. The van der Waals surface area contributed by atoms with Crippen molar-refractivity contribution in [2.45, 2.75) is 31.8 Å². The van der Waals surface area contributed by atoms with Crippen LogP contribution in [0.15, 0.2) is 35.4 Å². The zero-order valence-electron chi connectivity index (χ0n) is 12.8. The molecule has 1 aromatic carbocycles. The molecule has 1 saturated heterocycles. The number of carbonyl (C=O) groups excluding carboxylic acids is 1. The molecule has 6 nitrogen and oxygen atoms in total. The van der Waals surface area contributed by atoms with Gasteiger partial charge in [0.05, 0.1) is 17.2 Å². The van der Waals surface area contributed by atoms with Crippen LogP contribution < -0.4 is 16.2 Å². The molecule has 124 valence electrons. The van der Waals surface area contributed by atoms with Crippen LogP contribution in [0.5, 0.6) is 0 Å². The molecule has 0 radical (unpaired) electrons. The van der Waals surface area contributed by atoms with Gasteiger partial charge in [-0.2, -0.15) is 0 Å². The molecule has 1 aliphatic heterocycles. The number of aryl methyl sites for hydroxylation is 1. The Morgan fingerprint density at radius 3 is 2.83 bits per heavy atom. The van der Waals surface area contributed by atoms with Crippen molar-refractivity contribution < 1.29 is 4.79 Å². The van der Waals surface area contributed by atoms with E-state index < -0.39 is 0 Å². The number of fused-ring (bicyclic) bond motifs is 1. The largest absolute Gasteiger partial charge is 0.353 e. The summed E-state index contributed by atoms with van der Waals surface area (Å²) < 4.78 is 1.50. The van der Waals surface area contributed by atoms with Crippen LogP contribution in [0.25, 0.3) is 10.9 Å². The molecular weight excluding hydrogens is 316 g/mol. The Morgan fingerprint density at radius 2 is 2.04 bits per heavy atom. The number of amides is 1. The second kappa shape index (κ2) is 8.08. The van der Waals surface area contributed by atoms with E-state index in [0.29, 0.717) is 23.9 Å². The molecule has 0 spiro atoms. The van der Waals surface area contributed by atoms with E-state index in [9.17, 15) is 9.59 Å². The summed E-state index contributed by atoms with van der Waals surface area (Å²) in [4.78, 5) is 28.6. The van der Waals surface area contributed by atoms with Gasteiger partial charge in [-0.05, 0) is 38.1 Å². The lowest BCUT2D eigenvalue weighted by molar-refractivity contribution is -0.122. The van der Waals surface area contributed by atoms with Gasteiger partial charge >= 0.3 is 0 Å². The summed E-state index contributed by atoms with van der Waals surface area (Å²) in [7, 11) is 0. The smallest absolute Gasteiger partial charge is 0.261 e. The monoisotopic (exact) mass is 336 g/mol. The van der Waals surface area contributed by atoms with E-state index in [1.807, 2.05) is 18.2 Å². The maximum absolute atomic E-state index is 12.3. The van der Waals surface area contributed by atoms with Crippen LogP contribution in [-0.4, -0.2) is 34.6 Å². The third kappa shape index (κ3) is 4.30. The van der Waals surface area contributed by atoms with Crippen molar-refractivity contribution in [3.05, 3.63) is 40.9 Å². The van der Waals surface area contributed by atoms with E-state index in [1.54, 1.807) is 6.07 Å². The van der Waals surface area contributed by atoms with E-state index in [4.69, 9.17) is 0 Å². The fraction of sp³-hybridized carbons (Fsp3) is 0.438. The minimum Gasteiger partial charge on any atom is -0.353 e. The number of piperidine rings is 1. The number of benzene rings is 1. The lowest BCUT2D eigenvalue weighted by atomic mass is 10.1. The van der Waals surface area contributed by atoms with Crippen LogP contribution >= 0.6 is 12.4 Å². The van der Waals surface area contributed by atoms with E-state index >= 15 is 0 Å². The van der Waals surface area contributed by atoms with Crippen LogP contribution in [0.4, 0.5) is 0 Å². The zero-order valence-corrected chi connectivity index (χ0v) is 13.6. The number of hydrogen-bond acceptors (Lipinski definition) is 4. The van der Waals surface area contributed by atoms with E-state index in [2.05, 4.69) is 15.6 Å². The topological polar surface area (TPSA) is 76.0 Å². The Hall–Kier alpha value is -1.92. The second-order valence-electron chi connectivity index (χ2n) is 5.60. The third-order valence-corrected chi connectivity index (χ3v) is 4.02. The highest BCUT2D eigenvalue weighted by molar-refractivity contribution is 5.85. The van der Waals surface area contributed by atoms with E-state index in [-0.39, 0.29) is 29.9 Å². The third-order valence-electron chi connectivity index (χ3n) is 4.02. The predicted octanol–water partition coefficient (Wildman–Crippen LogP) is 1.08.